The summed E-state index contributed by atoms with van der Waals surface area (Å²) in [6.07, 6.45) is 5.96. The van der Waals surface area contributed by atoms with Gasteiger partial charge in [-0.3, -0.25) is 4.90 Å². The lowest BCUT2D eigenvalue weighted by molar-refractivity contribution is 0.417. The van der Waals surface area contributed by atoms with Crippen LogP contribution >= 0.6 is 7.92 Å². The first-order valence-electron chi connectivity index (χ1n) is 11.8. The Labute approximate surface area is 218 Å². The lowest BCUT2D eigenvalue weighted by Gasteiger charge is -2.20. The summed E-state index contributed by atoms with van der Waals surface area (Å²) >= 11 is 0. The summed E-state index contributed by atoms with van der Waals surface area (Å²) < 4.78 is 5.67. The van der Waals surface area contributed by atoms with Gasteiger partial charge in [-0.2, -0.15) is 10.2 Å². The Hall–Kier alpha value is -4.15. The first-order valence-corrected chi connectivity index (χ1v) is 14.1. The first kappa shape index (κ1) is 25.9. The number of methoxy groups -OCH3 is 1. The van der Waals surface area contributed by atoms with Crippen molar-refractivity contribution in [2.24, 2.45) is 0 Å². The zero-order valence-corrected chi connectivity index (χ0v) is 22.6. The van der Waals surface area contributed by atoms with E-state index in [0.29, 0.717) is 41.9 Å². The molecule has 37 heavy (non-hydrogen) atoms. The minimum Gasteiger partial charge on any atom is -0.494 e. The van der Waals surface area contributed by atoms with Gasteiger partial charge in [-0.05, 0) is 37.7 Å². The Bertz CT molecular complexity index is 1400. The number of aromatic nitrogens is 2. The molecule has 4 rings (SSSR count). The van der Waals surface area contributed by atoms with Crippen molar-refractivity contribution in [3.63, 3.8) is 0 Å². The fourth-order valence-electron chi connectivity index (χ4n) is 4.29. The van der Waals surface area contributed by atoms with Crippen LogP contribution in [-0.4, -0.2) is 50.2 Å². The van der Waals surface area contributed by atoms with E-state index in [-0.39, 0.29) is 7.92 Å². The van der Waals surface area contributed by atoms with Crippen molar-refractivity contribution in [1.82, 2.24) is 15.3 Å². The number of anilines is 5. The number of allylic oxidation sites excluding steroid dienone is 1. The summed E-state index contributed by atoms with van der Waals surface area (Å²) in [7, 11) is 3.12. The molecule has 1 aliphatic heterocycles. The topological polar surface area (TPSA) is 122 Å². The molecule has 0 atom stereocenters. The molecule has 0 bridgehead atoms. The van der Waals surface area contributed by atoms with Crippen molar-refractivity contribution in [1.29, 1.82) is 10.7 Å². The van der Waals surface area contributed by atoms with Gasteiger partial charge < -0.3 is 26.1 Å². The number of para-hydroxylation sites is 1. The number of ether oxygens (including phenoxy) is 1. The van der Waals surface area contributed by atoms with Crippen LogP contribution in [0.3, 0.4) is 0 Å². The van der Waals surface area contributed by atoms with Crippen LogP contribution in [0.2, 0.25) is 0 Å². The molecule has 0 radical (unpaired) electrons. The third-order valence-electron chi connectivity index (χ3n) is 6.23. The SMILES string of the molecule is CNC1=C(C=N)c2cc(Nc3ncc(C)c(Nc4ccccc4P(C)C)n3)c(OC)cc2N(C#N)CC1. The maximum atomic E-state index is 9.78. The van der Waals surface area contributed by atoms with Crippen molar-refractivity contribution >= 4 is 53.8 Å². The van der Waals surface area contributed by atoms with Gasteiger partial charge in [-0.1, -0.05) is 26.1 Å². The van der Waals surface area contributed by atoms with Crippen molar-refractivity contribution in [3.8, 4) is 11.9 Å². The third kappa shape index (κ3) is 5.35. The van der Waals surface area contributed by atoms with Gasteiger partial charge >= 0.3 is 0 Å². The summed E-state index contributed by atoms with van der Waals surface area (Å²) in [5.41, 5.74) is 5.65. The quantitative estimate of drug-likeness (QED) is 0.190. The number of benzene rings is 2. The fourth-order valence-corrected chi connectivity index (χ4v) is 5.29. The molecule has 0 saturated carbocycles. The Morgan fingerprint density at radius 1 is 1.19 bits per heavy atom. The van der Waals surface area contributed by atoms with E-state index in [4.69, 9.17) is 15.1 Å². The van der Waals surface area contributed by atoms with Crippen LogP contribution in [0.5, 0.6) is 5.75 Å². The Balaban J connectivity index is 1.75. The molecular weight excluding hydrogens is 483 g/mol. The highest BCUT2D eigenvalue weighted by Gasteiger charge is 2.24. The van der Waals surface area contributed by atoms with Crippen molar-refractivity contribution in [2.75, 3.05) is 49.6 Å². The molecular formula is C27H31N8OP. The molecule has 190 valence electrons. The number of rotatable bonds is 8. The average Bonchev–Trinajstić information content (AvgIpc) is 3.05. The summed E-state index contributed by atoms with van der Waals surface area (Å²) in [6, 6.07) is 12.0. The third-order valence-corrected chi connectivity index (χ3v) is 7.59. The second kappa shape index (κ2) is 11.3. The van der Waals surface area contributed by atoms with Crippen molar-refractivity contribution < 1.29 is 4.74 Å². The Morgan fingerprint density at radius 3 is 2.65 bits per heavy atom. The number of nitriles is 1. The van der Waals surface area contributed by atoms with Crippen LogP contribution in [-0.2, 0) is 0 Å². The highest BCUT2D eigenvalue weighted by molar-refractivity contribution is 7.64. The van der Waals surface area contributed by atoms with E-state index in [2.05, 4.69) is 58.7 Å². The van der Waals surface area contributed by atoms with Gasteiger partial charge in [-0.15, -0.1) is 0 Å². The molecule has 0 fully saturated rings. The van der Waals surface area contributed by atoms with Gasteiger partial charge in [0.2, 0.25) is 5.95 Å². The van der Waals surface area contributed by atoms with E-state index in [1.807, 2.05) is 32.2 Å². The van der Waals surface area contributed by atoms with E-state index in [0.717, 1.165) is 28.1 Å². The maximum absolute atomic E-state index is 9.78. The van der Waals surface area contributed by atoms with E-state index < -0.39 is 0 Å². The minimum absolute atomic E-state index is 0.293. The zero-order chi connectivity index (χ0) is 26.5. The van der Waals surface area contributed by atoms with Gasteiger partial charge in [-0.25, -0.2) is 4.98 Å². The molecule has 10 heteroatoms. The molecule has 2 aromatic carbocycles. The van der Waals surface area contributed by atoms with Crippen LogP contribution in [0.25, 0.3) is 5.57 Å². The van der Waals surface area contributed by atoms with Gasteiger partial charge in [0.25, 0.3) is 0 Å². The van der Waals surface area contributed by atoms with Gasteiger partial charge in [0.15, 0.2) is 6.19 Å². The molecule has 0 spiro atoms. The van der Waals surface area contributed by atoms with E-state index >= 15 is 0 Å². The predicted molar refractivity (Wildman–Crippen MR) is 154 cm³/mol. The molecule has 1 aromatic heterocycles. The molecule has 0 amide bonds. The fraction of sp³-hybridized carbons (Fsp3) is 0.259. The molecule has 3 aromatic rings. The first-order chi connectivity index (χ1) is 17.9. The zero-order valence-electron chi connectivity index (χ0n) is 21.7. The van der Waals surface area contributed by atoms with Crippen LogP contribution in [0.4, 0.5) is 28.8 Å². The largest absolute Gasteiger partial charge is 0.494 e. The second-order valence-corrected chi connectivity index (χ2v) is 11.0. The second-order valence-electron chi connectivity index (χ2n) is 8.74. The number of nitrogens with one attached hydrogen (secondary N) is 4. The lowest BCUT2D eigenvalue weighted by Crippen LogP contribution is -2.19. The standard InChI is InChI=1S/C27H31N8OP/c1-17-15-31-27(34-26(17)32-21-8-6-7-9-25(21)37(4)5)33-22-12-18-19(14-28)20(30-2)10-11-35(16-29)23(18)13-24(22)36-3/h6-9,12-15,28,30H,10-11H2,1-5H3,(H2,31,32,33,34). The number of aryl methyl sites for hydroxylation is 1. The normalized spacial score (nSPS) is 12.9. The maximum Gasteiger partial charge on any atom is 0.229 e. The van der Waals surface area contributed by atoms with Crippen LogP contribution in [0.15, 0.2) is 48.3 Å². The summed E-state index contributed by atoms with van der Waals surface area (Å²) in [4.78, 5) is 10.9. The van der Waals surface area contributed by atoms with Gasteiger partial charge in [0.05, 0.1) is 18.5 Å². The van der Waals surface area contributed by atoms with Crippen LogP contribution in [0.1, 0.15) is 17.5 Å². The molecule has 2 heterocycles. The van der Waals surface area contributed by atoms with Crippen LogP contribution < -0.4 is 30.9 Å². The van der Waals surface area contributed by atoms with E-state index in [1.165, 1.54) is 11.5 Å². The van der Waals surface area contributed by atoms with Crippen molar-refractivity contribution in [3.05, 3.63) is 59.4 Å². The van der Waals surface area contributed by atoms with Gasteiger partial charge in [0.1, 0.15) is 11.6 Å². The van der Waals surface area contributed by atoms with E-state index in [1.54, 1.807) is 18.2 Å². The minimum atomic E-state index is -0.293. The molecule has 0 aliphatic carbocycles. The molecule has 4 N–H and O–H groups in total. The van der Waals surface area contributed by atoms with E-state index in [9.17, 15) is 5.26 Å². The predicted octanol–water partition coefficient (Wildman–Crippen LogP) is 4.92. The molecule has 0 saturated heterocycles. The summed E-state index contributed by atoms with van der Waals surface area (Å²) in [5.74, 6) is 1.66. The number of hydrogen-bond acceptors (Lipinski definition) is 9. The Kier molecular flexibility index (Phi) is 7.90. The average molecular weight is 515 g/mol. The van der Waals surface area contributed by atoms with Crippen LogP contribution in [0, 0.1) is 23.8 Å². The molecule has 1 aliphatic rings. The van der Waals surface area contributed by atoms with Crippen molar-refractivity contribution in [2.45, 2.75) is 13.3 Å². The highest BCUT2D eigenvalue weighted by Crippen LogP contribution is 2.40. The smallest absolute Gasteiger partial charge is 0.229 e. The molecule has 0 unspecified atom stereocenters. The lowest BCUT2D eigenvalue weighted by atomic mass is 10.0. The number of nitrogens with zero attached hydrogens (tertiary/aromatic N) is 4. The summed E-state index contributed by atoms with van der Waals surface area (Å²) in [5, 5.41) is 29.1. The summed E-state index contributed by atoms with van der Waals surface area (Å²) in [6.45, 7) is 6.92. The Morgan fingerprint density at radius 2 is 1.97 bits per heavy atom. The number of hydrogen-bond donors (Lipinski definition) is 4. The van der Waals surface area contributed by atoms with Gasteiger partial charge in [0, 0.05) is 66.6 Å². The monoisotopic (exact) mass is 514 g/mol. The molecule has 9 nitrogen and oxygen atoms in total. The number of fused-ring (bicyclic) bond motifs is 1. The highest BCUT2D eigenvalue weighted by atomic mass is 31.1.